The van der Waals surface area contributed by atoms with E-state index in [1.807, 2.05) is 0 Å². The summed E-state index contributed by atoms with van der Waals surface area (Å²) in [5.41, 5.74) is 0.385. The number of esters is 1. The van der Waals surface area contributed by atoms with Crippen molar-refractivity contribution in [2.75, 3.05) is 6.61 Å². The summed E-state index contributed by atoms with van der Waals surface area (Å²) in [6, 6.07) is 0. The van der Waals surface area contributed by atoms with Crippen LogP contribution in [0.25, 0.3) is 0 Å². The maximum Gasteiger partial charge on any atom is 0.396 e. The molecule has 0 amide bonds. The minimum absolute atomic E-state index is 0.114. The molecule has 0 atom stereocenters. The van der Waals surface area contributed by atoms with E-state index in [1.54, 1.807) is 20.8 Å². The Kier molecular flexibility index (Phi) is 4.85. The van der Waals surface area contributed by atoms with E-state index in [4.69, 9.17) is 4.74 Å². The van der Waals surface area contributed by atoms with Crippen molar-refractivity contribution in [3.63, 3.8) is 0 Å². The summed E-state index contributed by atoms with van der Waals surface area (Å²) in [5.74, 6) is -1.16. The van der Waals surface area contributed by atoms with Crippen LogP contribution in [0.5, 0.6) is 0 Å². The van der Waals surface area contributed by atoms with Crippen LogP contribution in [0.2, 0.25) is 0 Å². The second kappa shape index (κ2) is 5.99. The van der Waals surface area contributed by atoms with Crippen LogP contribution >= 0.6 is 0 Å². The number of carbonyl (C=O) groups is 1. The number of rotatable bonds is 4. The van der Waals surface area contributed by atoms with Gasteiger partial charge in [-0.25, -0.2) is 14.8 Å². The zero-order valence-electron chi connectivity index (χ0n) is 10.9. The average molecular weight is 276 g/mol. The molecule has 0 saturated heterocycles. The number of hydrogen-bond donors (Lipinski definition) is 0. The maximum absolute atomic E-state index is 12.3. The standard InChI is InChI=1S/C12H15F3N2O2/c1-4-19-11(18)8-6-16-9(5-12(13,14)15)17-10(8)7(2)3/h6-7H,4-5H2,1-3H3. The van der Waals surface area contributed by atoms with E-state index in [9.17, 15) is 18.0 Å². The monoisotopic (exact) mass is 276 g/mol. The van der Waals surface area contributed by atoms with Gasteiger partial charge in [0.25, 0.3) is 0 Å². The van der Waals surface area contributed by atoms with Crippen LogP contribution < -0.4 is 0 Å². The van der Waals surface area contributed by atoms with Gasteiger partial charge >= 0.3 is 12.1 Å². The molecule has 0 aromatic carbocycles. The first-order valence-electron chi connectivity index (χ1n) is 5.84. The first-order chi connectivity index (χ1) is 8.74. The zero-order chi connectivity index (χ0) is 14.6. The quantitative estimate of drug-likeness (QED) is 0.793. The number of halogens is 3. The smallest absolute Gasteiger partial charge is 0.396 e. The molecule has 0 saturated carbocycles. The van der Waals surface area contributed by atoms with Gasteiger partial charge in [0.15, 0.2) is 0 Å². The first kappa shape index (κ1) is 15.4. The van der Waals surface area contributed by atoms with Gasteiger partial charge in [-0.3, -0.25) is 0 Å². The van der Waals surface area contributed by atoms with Crippen LogP contribution in [-0.2, 0) is 11.2 Å². The second-order valence-electron chi connectivity index (χ2n) is 4.25. The number of carbonyl (C=O) groups excluding carboxylic acids is 1. The third-order valence-electron chi connectivity index (χ3n) is 2.27. The highest BCUT2D eigenvalue weighted by Gasteiger charge is 2.30. The Balaban J connectivity index is 3.11. The number of aromatic nitrogens is 2. The molecule has 0 aliphatic rings. The van der Waals surface area contributed by atoms with Crippen molar-refractivity contribution in [3.05, 3.63) is 23.3 Å². The van der Waals surface area contributed by atoms with Crippen molar-refractivity contribution < 1.29 is 22.7 Å². The largest absolute Gasteiger partial charge is 0.462 e. The summed E-state index contributed by atoms with van der Waals surface area (Å²) >= 11 is 0. The highest BCUT2D eigenvalue weighted by Crippen LogP contribution is 2.22. The normalized spacial score (nSPS) is 11.7. The predicted molar refractivity (Wildman–Crippen MR) is 61.8 cm³/mol. The van der Waals surface area contributed by atoms with E-state index in [1.165, 1.54) is 0 Å². The molecule has 0 aliphatic heterocycles. The number of hydrogen-bond acceptors (Lipinski definition) is 4. The number of nitrogens with zero attached hydrogens (tertiary/aromatic N) is 2. The minimum Gasteiger partial charge on any atom is -0.462 e. The van der Waals surface area contributed by atoms with Crippen molar-refractivity contribution >= 4 is 5.97 Å². The molecule has 106 valence electrons. The molecule has 0 radical (unpaired) electrons. The lowest BCUT2D eigenvalue weighted by atomic mass is 10.1. The molecular formula is C12H15F3N2O2. The minimum atomic E-state index is -4.38. The Labute approximate surface area is 109 Å². The van der Waals surface area contributed by atoms with E-state index in [-0.39, 0.29) is 29.6 Å². The Morgan fingerprint density at radius 3 is 2.53 bits per heavy atom. The molecule has 0 bridgehead atoms. The molecule has 0 spiro atoms. The van der Waals surface area contributed by atoms with E-state index in [2.05, 4.69) is 9.97 Å². The van der Waals surface area contributed by atoms with Crippen molar-refractivity contribution in [2.45, 2.75) is 39.3 Å². The SMILES string of the molecule is CCOC(=O)c1cnc(CC(F)(F)F)nc1C(C)C. The molecule has 7 heteroatoms. The third kappa shape index (κ3) is 4.50. The van der Waals surface area contributed by atoms with Crippen molar-refractivity contribution in [1.29, 1.82) is 0 Å². The number of ether oxygens (including phenoxy) is 1. The van der Waals surface area contributed by atoms with Crippen molar-refractivity contribution in [2.24, 2.45) is 0 Å². The molecule has 1 aromatic heterocycles. The fraction of sp³-hybridized carbons (Fsp3) is 0.583. The fourth-order valence-corrected chi connectivity index (χ4v) is 1.50. The summed E-state index contributed by atoms with van der Waals surface area (Å²) in [5, 5.41) is 0. The molecule has 0 unspecified atom stereocenters. The lowest BCUT2D eigenvalue weighted by Gasteiger charge is -2.12. The van der Waals surface area contributed by atoms with Crippen molar-refractivity contribution in [1.82, 2.24) is 9.97 Å². The summed E-state index contributed by atoms with van der Waals surface area (Å²) < 4.78 is 41.7. The molecule has 1 heterocycles. The van der Waals surface area contributed by atoms with Gasteiger partial charge in [0.1, 0.15) is 12.2 Å². The van der Waals surface area contributed by atoms with E-state index in [0.29, 0.717) is 0 Å². The highest BCUT2D eigenvalue weighted by molar-refractivity contribution is 5.90. The Bertz CT molecular complexity index is 459. The van der Waals surface area contributed by atoms with Crippen LogP contribution in [0.3, 0.4) is 0 Å². The van der Waals surface area contributed by atoms with Crippen LogP contribution in [0, 0.1) is 0 Å². The zero-order valence-corrected chi connectivity index (χ0v) is 10.9. The van der Waals surface area contributed by atoms with E-state index >= 15 is 0 Å². The lowest BCUT2D eigenvalue weighted by molar-refractivity contribution is -0.128. The second-order valence-corrected chi connectivity index (χ2v) is 4.25. The topological polar surface area (TPSA) is 52.1 Å². The van der Waals surface area contributed by atoms with Gasteiger partial charge in [0, 0.05) is 6.20 Å². The van der Waals surface area contributed by atoms with Crippen LogP contribution in [0.15, 0.2) is 6.20 Å². The Hall–Kier alpha value is -1.66. The molecule has 0 N–H and O–H groups in total. The summed E-state index contributed by atoms with van der Waals surface area (Å²) in [7, 11) is 0. The van der Waals surface area contributed by atoms with Gasteiger partial charge in [-0.05, 0) is 12.8 Å². The van der Waals surface area contributed by atoms with E-state index < -0.39 is 18.6 Å². The molecule has 19 heavy (non-hydrogen) atoms. The molecule has 1 rings (SSSR count). The summed E-state index contributed by atoms with van der Waals surface area (Å²) in [6.07, 6.45) is -4.49. The molecule has 1 aromatic rings. The average Bonchev–Trinajstić information content (AvgIpc) is 2.26. The van der Waals surface area contributed by atoms with Gasteiger partial charge < -0.3 is 4.74 Å². The van der Waals surface area contributed by atoms with Gasteiger partial charge in [-0.2, -0.15) is 13.2 Å². The first-order valence-corrected chi connectivity index (χ1v) is 5.84. The van der Waals surface area contributed by atoms with Crippen LogP contribution in [-0.4, -0.2) is 28.7 Å². The molecular weight excluding hydrogens is 261 g/mol. The van der Waals surface area contributed by atoms with Gasteiger partial charge in [-0.15, -0.1) is 0 Å². The van der Waals surface area contributed by atoms with Crippen molar-refractivity contribution in [3.8, 4) is 0 Å². The summed E-state index contributed by atoms with van der Waals surface area (Å²) in [6.45, 7) is 5.30. The van der Waals surface area contributed by atoms with E-state index in [0.717, 1.165) is 6.20 Å². The Morgan fingerprint density at radius 1 is 1.42 bits per heavy atom. The maximum atomic E-state index is 12.3. The lowest BCUT2D eigenvalue weighted by Crippen LogP contribution is -2.18. The van der Waals surface area contributed by atoms with Gasteiger partial charge in [-0.1, -0.05) is 13.8 Å². The molecule has 4 nitrogen and oxygen atoms in total. The van der Waals surface area contributed by atoms with Gasteiger partial charge in [0.2, 0.25) is 0 Å². The highest BCUT2D eigenvalue weighted by atomic mass is 19.4. The van der Waals surface area contributed by atoms with Crippen LogP contribution in [0.4, 0.5) is 13.2 Å². The summed E-state index contributed by atoms with van der Waals surface area (Å²) in [4.78, 5) is 19.0. The van der Waals surface area contributed by atoms with Gasteiger partial charge in [0.05, 0.1) is 17.9 Å². The molecule has 0 aliphatic carbocycles. The molecule has 0 fully saturated rings. The Morgan fingerprint density at radius 2 is 2.05 bits per heavy atom. The fourth-order valence-electron chi connectivity index (χ4n) is 1.50. The number of alkyl halides is 3. The predicted octanol–water partition coefficient (Wildman–Crippen LogP) is 2.88. The van der Waals surface area contributed by atoms with Crippen LogP contribution in [0.1, 0.15) is 48.6 Å². The third-order valence-corrected chi connectivity index (χ3v) is 2.27.